The quantitative estimate of drug-likeness (QED) is 0.809. The second kappa shape index (κ2) is 4.90. The normalized spacial score (nSPS) is 17.7. The summed E-state index contributed by atoms with van der Waals surface area (Å²) in [6.07, 6.45) is 2.51. The molecule has 1 aromatic heterocycles. The third kappa shape index (κ3) is 3.14. The van der Waals surface area contributed by atoms with Crippen LogP contribution >= 0.6 is 11.5 Å². The zero-order chi connectivity index (χ0) is 10.7. The van der Waals surface area contributed by atoms with Crippen LogP contribution in [-0.2, 0) is 4.74 Å². The van der Waals surface area contributed by atoms with Crippen LogP contribution in [0.25, 0.3) is 0 Å². The SMILES string of the molecule is CCOCC(C)Nc1nc(C2CC2)ns1. The molecule has 1 aromatic rings. The fraction of sp³-hybridized carbons (Fsp3) is 0.800. The summed E-state index contributed by atoms with van der Waals surface area (Å²) in [5.41, 5.74) is 0. The minimum atomic E-state index is 0.296. The van der Waals surface area contributed by atoms with E-state index in [2.05, 4.69) is 21.6 Å². The van der Waals surface area contributed by atoms with Crippen molar-refractivity contribution in [3.05, 3.63) is 5.82 Å². The van der Waals surface area contributed by atoms with Crippen molar-refractivity contribution in [1.29, 1.82) is 0 Å². The van der Waals surface area contributed by atoms with Crippen molar-refractivity contribution in [2.24, 2.45) is 0 Å². The van der Waals surface area contributed by atoms with E-state index in [1.165, 1.54) is 24.4 Å². The maximum Gasteiger partial charge on any atom is 0.202 e. The molecule has 1 aliphatic rings. The molecule has 0 bridgehead atoms. The van der Waals surface area contributed by atoms with Crippen LogP contribution in [0, 0.1) is 0 Å². The van der Waals surface area contributed by atoms with Crippen LogP contribution in [0.3, 0.4) is 0 Å². The first-order chi connectivity index (χ1) is 7.29. The Kier molecular flexibility index (Phi) is 3.53. The summed E-state index contributed by atoms with van der Waals surface area (Å²) in [7, 11) is 0. The molecular formula is C10H17N3OS. The summed E-state index contributed by atoms with van der Waals surface area (Å²) in [5.74, 6) is 1.66. The zero-order valence-electron chi connectivity index (χ0n) is 9.19. The van der Waals surface area contributed by atoms with Gasteiger partial charge in [-0.2, -0.15) is 4.37 Å². The first-order valence-electron chi connectivity index (χ1n) is 5.47. The fourth-order valence-corrected chi connectivity index (χ4v) is 2.11. The van der Waals surface area contributed by atoms with E-state index in [9.17, 15) is 0 Å². The second-order valence-electron chi connectivity index (χ2n) is 3.94. The minimum Gasteiger partial charge on any atom is -0.380 e. The van der Waals surface area contributed by atoms with Gasteiger partial charge in [0, 0.05) is 30.1 Å². The Hall–Kier alpha value is -0.680. The molecule has 1 aliphatic carbocycles. The molecule has 0 radical (unpaired) electrons. The molecule has 1 unspecified atom stereocenters. The number of rotatable bonds is 6. The Morgan fingerprint density at radius 2 is 2.40 bits per heavy atom. The molecule has 1 saturated carbocycles. The molecule has 84 valence electrons. The van der Waals surface area contributed by atoms with Gasteiger partial charge in [-0.1, -0.05) is 0 Å². The van der Waals surface area contributed by atoms with E-state index in [1.807, 2.05) is 6.92 Å². The zero-order valence-corrected chi connectivity index (χ0v) is 10.0. The van der Waals surface area contributed by atoms with Gasteiger partial charge in [0.1, 0.15) is 5.82 Å². The van der Waals surface area contributed by atoms with Gasteiger partial charge in [0.05, 0.1) is 6.61 Å². The van der Waals surface area contributed by atoms with Crippen molar-refractivity contribution in [3.8, 4) is 0 Å². The van der Waals surface area contributed by atoms with Gasteiger partial charge in [0.25, 0.3) is 0 Å². The number of nitrogens with zero attached hydrogens (tertiary/aromatic N) is 2. The molecule has 0 amide bonds. The molecule has 4 nitrogen and oxygen atoms in total. The molecular weight excluding hydrogens is 210 g/mol. The Balaban J connectivity index is 1.81. The summed E-state index contributed by atoms with van der Waals surface area (Å²) in [6, 6.07) is 0.296. The molecule has 15 heavy (non-hydrogen) atoms. The van der Waals surface area contributed by atoms with Crippen molar-refractivity contribution < 1.29 is 4.74 Å². The number of nitrogens with one attached hydrogen (secondary N) is 1. The number of hydrogen-bond donors (Lipinski definition) is 1. The van der Waals surface area contributed by atoms with E-state index in [4.69, 9.17) is 4.74 Å². The van der Waals surface area contributed by atoms with Crippen molar-refractivity contribution in [2.45, 2.75) is 38.6 Å². The largest absolute Gasteiger partial charge is 0.380 e. The lowest BCUT2D eigenvalue weighted by molar-refractivity contribution is 0.141. The Bertz CT molecular complexity index is 311. The second-order valence-corrected chi connectivity index (χ2v) is 4.69. The monoisotopic (exact) mass is 227 g/mol. The third-order valence-electron chi connectivity index (χ3n) is 2.33. The van der Waals surface area contributed by atoms with Crippen molar-refractivity contribution in [1.82, 2.24) is 9.36 Å². The summed E-state index contributed by atoms with van der Waals surface area (Å²) in [4.78, 5) is 4.46. The van der Waals surface area contributed by atoms with E-state index in [1.54, 1.807) is 0 Å². The Morgan fingerprint density at radius 1 is 1.60 bits per heavy atom. The lowest BCUT2D eigenvalue weighted by atomic mass is 10.4. The van der Waals surface area contributed by atoms with Gasteiger partial charge >= 0.3 is 0 Å². The summed E-state index contributed by atoms with van der Waals surface area (Å²) in [6.45, 7) is 5.57. The number of aromatic nitrogens is 2. The van der Waals surface area contributed by atoms with Gasteiger partial charge < -0.3 is 10.1 Å². The van der Waals surface area contributed by atoms with Gasteiger partial charge in [0.2, 0.25) is 5.13 Å². The third-order valence-corrected chi connectivity index (χ3v) is 2.99. The fourth-order valence-electron chi connectivity index (χ4n) is 1.35. The van der Waals surface area contributed by atoms with Crippen LogP contribution in [0.1, 0.15) is 38.4 Å². The van der Waals surface area contributed by atoms with Crippen LogP contribution in [-0.4, -0.2) is 28.6 Å². The van der Waals surface area contributed by atoms with E-state index >= 15 is 0 Å². The topological polar surface area (TPSA) is 47.0 Å². The molecule has 0 aromatic carbocycles. The lowest BCUT2D eigenvalue weighted by Crippen LogP contribution is -2.21. The summed E-state index contributed by atoms with van der Waals surface area (Å²) < 4.78 is 9.67. The highest BCUT2D eigenvalue weighted by molar-refractivity contribution is 7.09. The van der Waals surface area contributed by atoms with Gasteiger partial charge in [-0.05, 0) is 26.7 Å². The van der Waals surface area contributed by atoms with Crippen LogP contribution in [0.4, 0.5) is 5.13 Å². The van der Waals surface area contributed by atoms with E-state index in [0.29, 0.717) is 12.0 Å². The van der Waals surface area contributed by atoms with Crippen molar-refractivity contribution >= 4 is 16.7 Å². The smallest absolute Gasteiger partial charge is 0.202 e. The molecule has 1 fully saturated rings. The van der Waals surface area contributed by atoms with Crippen LogP contribution in [0.15, 0.2) is 0 Å². The first kappa shape index (κ1) is 10.8. The molecule has 1 heterocycles. The van der Waals surface area contributed by atoms with E-state index in [-0.39, 0.29) is 0 Å². The molecule has 1 N–H and O–H groups in total. The highest BCUT2D eigenvalue weighted by Crippen LogP contribution is 2.39. The maximum absolute atomic E-state index is 5.33. The van der Waals surface area contributed by atoms with Crippen LogP contribution in [0.2, 0.25) is 0 Å². The predicted octanol–water partition coefficient (Wildman–Crippen LogP) is 2.25. The molecule has 0 aliphatic heterocycles. The summed E-state index contributed by atoms with van der Waals surface area (Å²) >= 11 is 1.45. The van der Waals surface area contributed by atoms with Gasteiger partial charge in [0.15, 0.2) is 0 Å². The molecule has 0 saturated heterocycles. The Labute approximate surface area is 94.2 Å². The van der Waals surface area contributed by atoms with Crippen molar-refractivity contribution in [3.63, 3.8) is 0 Å². The van der Waals surface area contributed by atoms with Gasteiger partial charge in [-0.25, -0.2) is 4.98 Å². The standard InChI is InChI=1S/C10H17N3OS/c1-3-14-6-7(2)11-10-12-9(13-15-10)8-4-5-8/h7-8H,3-6H2,1-2H3,(H,11,12,13). The van der Waals surface area contributed by atoms with Gasteiger partial charge in [-0.3, -0.25) is 0 Å². The Morgan fingerprint density at radius 3 is 3.07 bits per heavy atom. The predicted molar refractivity (Wildman–Crippen MR) is 61.5 cm³/mol. The average molecular weight is 227 g/mol. The van der Waals surface area contributed by atoms with Gasteiger partial charge in [-0.15, -0.1) is 0 Å². The maximum atomic E-state index is 5.33. The average Bonchev–Trinajstić information content (AvgIpc) is 2.98. The molecule has 0 spiro atoms. The van der Waals surface area contributed by atoms with E-state index in [0.717, 1.165) is 24.2 Å². The highest BCUT2D eigenvalue weighted by Gasteiger charge is 2.27. The molecule has 2 rings (SSSR count). The highest BCUT2D eigenvalue weighted by atomic mass is 32.1. The van der Waals surface area contributed by atoms with Crippen LogP contribution < -0.4 is 5.32 Å². The molecule has 1 atom stereocenters. The number of hydrogen-bond acceptors (Lipinski definition) is 5. The van der Waals surface area contributed by atoms with Crippen molar-refractivity contribution in [2.75, 3.05) is 18.5 Å². The summed E-state index contributed by atoms with van der Waals surface area (Å²) in [5, 5.41) is 4.22. The first-order valence-corrected chi connectivity index (χ1v) is 6.24. The van der Waals surface area contributed by atoms with E-state index < -0.39 is 0 Å². The van der Waals surface area contributed by atoms with Crippen LogP contribution in [0.5, 0.6) is 0 Å². The lowest BCUT2D eigenvalue weighted by Gasteiger charge is -2.11. The number of ether oxygens (including phenoxy) is 1. The molecule has 5 heteroatoms. The number of anilines is 1. The minimum absolute atomic E-state index is 0.296.